The summed E-state index contributed by atoms with van der Waals surface area (Å²) in [6.07, 6.45) is 8.79. The SMILES string of the molecule is CCOC(=O)/C=C/CNCCC1CCC1. The molecule has 0 aromatic carbocycles. The van der Waals surface area contributed by atoms with Crippen LogP contribution in [0.15, 0.2) is 12.2 Å². The molecule has 15 heavy (non-hydrogen) atoms. The third-order valence-electron chi connectivity index (χ3n) is 2.76. The second-order valence-corrected chi connectivity index (χ2v) is 3.94. The molecule has 0 spiro atoms. The minimum Gasteiger partial charge on any atom is -0.463 e. The molecule has 1 N–H and O–H groups in total. The second-order valence-electron chi connectivity index (χ2n) is 3.94. The van der Waals surface area contributed by atoms with Crippen LogP contribution in [0, 0.1) is 5.92 Å². The first-order valence-corrected chi connectivity index (χ1v) is 5.87. The van der Waals surface area contributed by atoms with Crippen LogP contribution in [-0.4, -0.2) is 25.7 Å². The average molecular weight is 211 g/mol. The van der Waals surface area contributed by atoms with Gasteiger partial charge in [0.1, 0.15) is 0 Å². The van der Waals surface area contributed by atoms with Gasteiger partial charge in [-0.05, 0) is 25.8 Å². The van der Waals surface area contributed by atoms with E-state index in [1.807, 2.05) is 13.0 Å². The van der Waals surface area contributed by atoms with Gasteiger partial charge in [-0.3, -0.25) is 0 Å². The van der Waals surface area contributed by atoms with E-state index >= 15 is 0 Å². The fourth-order valence-electron chi connectivity index (χ4n) is 1.62. The summed E-state index contributed by atoms with van der Waals surface area (Å²) in [5, 5.41) is 3.29. The van der Waals surface area contributed by atoms with E-state index in [0.29, 0.717) is 6.61 Å². The summed E-state index contributed by atoms with van der Waals surface area (Å²) >= 11 is 0. The summed E-state index contributed by atoms with van der Waals surface area (Å²) in [6.45, 7) is 4.06. The maximum atomic E-state index is 10.9. The predicted molar refractivity (Wildman–Crippen MR) is 60.6 cm³/mol. The molecular formula is C12H21NO2. The molecule has 0 radical (unpaired) electrons. The van der Waals surface area contributed by atoms with E-state index < -0.39 is 0 Å². The smallest absolute Gasteiger partial charge is 0.330 e. The molecule has 1 aliphatic rings. The molecule has 0 aromatic heterocycles. The van der Waals surface area contributed by atoms with Gasteiger partial charge >= 0.3 is 5.97 Å². The maximum absolute atomic E-state index is 10.9. The molecule has 0 aromatic rings. The number of rotatable bonds is 7. The van der Waals surface area contributed by atoms with Crippen molar-refractivity contribution in [3.05, 3.63) is 12.2 Å². The average Bonchev–Trinajstić information content (AvgIpc) is 2.14. The molecular weight excluding hydrogens is 190 g/mol. The number of hydrogen-bond donors (Lipinski definition) is 1. The topological polar surface area (TPSA) is 38.3 Å². The van der Waals surface area contributed by atoms with E-state index in [9.17, 15) is 4.79 Å². The van der Waals surface area contributed by atoms with Crippen molar-refractivity contribution >= 4 is 5.97 Å². The standard InChI is InChI=1S/C12H21NO2/c1-2-15-12(14)7-4-9-13-10-8-11-5-3-6-11/h4,7,11,13H,2-3,5-6,8-10H2,1H3/b7-4+. The van der Waals surface area contributed by atoms with Crippen molar-refractivity contribution in [3.63, 3.8) is 0 Å². The van der Waals surface area contributed by atoms with Gasteiger partial charge in [0.2, 0.25) is 0 Å². The molecule has 86 valence electrons. The zero-order valence-electron chi connectivity index (χ0n) is 9.50. The molecule has 0 saturated heterocycles. The van der Waals surface area contributed by atoms with Crippen LogP contribution in [0.3, 0.4) is 0 Å². The summed E-state index contributed by atoms with van der Waals surface area (Å²) in [6, 6.07) is 0. The predicted octanol–water partition coefficient (Wildman–Crippen LogP) is 1.89. The van der Waals surface area contributed by atoms with Gasteiger partial charge < -0.3 is 10.1 Å². The van der Waals surface area contributed by atoms with Crippen LogP contribution in [0.1, 0.15) is 32.6 Å². The number of carbonyl (C=O) groups is 1. The molecule has 0 heterocycles. The monoisotopic (exact) mass is 211 g/mol. The van der Waals surface area contributed by atoms with Crippen LogP contribution < -0.4 is 5.32 Å². The van der Waals surface area contributed by atoms with Crippen molar-refractivity contribution in [2.24, 2.45) is 5.92 Å². The lowest BCUT2D eigenvalue weighted by molar-refractivity contribution is -0.137. The van der Waals surface area contributed by atoms with E-state index in [-0.39, 0.29) is 5.97 Å². The fraction of sp³-hybridized carbons (Fsp3) is 0.750. The number of esters is 1. The molecule has 0 aliphatic heterocycles. The third-order valence-corrected chi connectivity index (χ3v) is 2.76. The van der Waals surface area contributed by atoms with Crippen LogP contribution in [0.25, 0.3) is 0 Å². The van der Waals surface area contributed by atoms with Gasteiger partial charge in [-0.15, -0.1) is 0 Å². The molecule has 1 rings (SSSR count). The maximum Gasteiger partial charge on any atom is 0.330 e. The molecule has 1 aliphatic carbocycles. The van der Waals surface area contributed by atoms with Gasteiger partial charge in [0, 0.05) is 12.6 Å². The molecule has 0 atom stereocenters. The normalized spacial score (nSPS) is 16.6. The second kappa shape index (κ2) is 7.46. The van der Waals surface area contributed by atoms with E-state index in [4.69, 9.17) is 4.74 Å². The minimum atomic E-state index is -0.252. The molecule has 1 saturated carbocycles. The Morgan fingerprint density at radius 2 is 2.33 bits per heavy atom. The Kier molecular flexibility index (Phi) is 6.09. The lowest BCUT2D eigenvalue weighted by Crippen LogP contribution is -2.21. The number of hydrogen-bond acceptors (Lipinski definition) is 3. The number of nitrogens with one attached hydrogen (secondary N) is 1. The molecule has 0 amide bonds. The van der Waals surface area contributed by atoms with E-state index in [1.165, 1.54) is 31.8 Å². The Labute approximate surface area is 91.9 Å². The molecule has 3 nitrogen and oxygen atoms in total. The first kappa shape index (κ1) is 12.2. The zero-order valence-corrected chi connectivity index (χ0v) is 9.50. The highest BCUT2D eigenvalue weighted by atomic mass is 16.5. The Hall–Kier alpha value is -0.830. The van der Waals surface area contributed by atoms with Crippen molar-refractivity contribution in [3.8, 4) is 0 Å². The van der Waals surface area contributed by atoms with Gasteiger partial charge in [0.15, 0.2) is 0 Å². The van der Waals surface area contributed by atoms with Crippen LogP contribution in [-0.2, 0) is 9.53 Å². The van der Waals surface area contributed by atoms with Gasteiger partial charge in [-0.1, -0.05) is 25.3 Å². The summed E-state index contributed by atoms with van der Waals surface area (Å²) in [7, 11) is 0. The van der Waals surface area contributed by atoms with Crippen LogP contribution in [0.5, 0.6) is 0 Å². The molecule has 0 unspecified atom stereocenters. The van der Waals surface area contributed by atoms with E-state index in [0.717, 1.165) is 19.0 Å². The van der Waals surface area contributed by atoms with Crippen molar-refractivity contribution in [1.82, 2.24) is 5.32 Å². The summed E-state index contributed by atoms with van der Waals surface area (Å²) < 4.78 is 4.76. The Bertz CT molecular complexity index is 210. The summed E-state index contributed by atoms with van der Waals surface area (Å²) in [4.78, 5) is 10.9. The quantitative estimate of drug-likeness (QED) is 0.397. The Balaban J connectivity index is 1.88. The highest BCUT2D eigenvalue weighted by Gasteiger charge is 2.15. The lowest BCUT2D eigenvalue weighted by Gasteiger charge is -2.24. The van der Waals surface area contributed by atoms with Gasteiger partial charge in [-0.2, -0.15) is 0 Å². The number of carbonyl (C=O) groups excluding carboxylic acids is 1. The minimum absolute atomic E-state index is 0.252. The van der Waals surface area contributed by atoms with Crippen molar-refractivity contribution in [2.45, 2.75) is 32.6 Å². The number of ether oxygens (including phenoxy) is 1. The third kappa shape index (κ3) is 5.57. The van der Waals surface area contributed by atoms with Gasteiger partial charge in [0.25, 0.3) is 0 Å². The van der Waals surface area contributed by atoms with Crippen molar-refractivity contribution in [2.75, 3.05) is 19.7 Å². The Morgan fingerprint density at radius 3 is 2.93 bits per heavy atom. The van der Waals surface area contributed by atoms with Crippen LogP contribution in [0.4, 0.5) is 0 Å². The first-order valence-electron chi connectivity index (χ1n) is 5.87. The van der Waals surface area contributed by atoms with Crippen molar-refractivity contribution in [1.29, 1.82) is 0 Å². The van der Waals surface area contributed by atoms with Crippen molar-refractivity contribution < 1.29 is 9.53 Å². The van der Waals surface area contributed by atoms with Gasteiger partial charge in [-0.25, -0.2) is 4.79 Å². The largest absolute Gasteiger partial charge is 0.463 e. The highest BCUT2D eigenvalue weighted by Crippen LogP contribution is 2.28. The summed E-state index contributed by atoms with van der Waals surface area (Å²) in [5.41, 5.74) is 0. The first-order chi connectivity index (χ1) is 7.33. The molecule has 0 bridgehead atoms. The summed E-state index contributed by atoms with van der Waals surface area (Å²) in [5.74, 6) is 0.699. The highest BCUT2D eigenvalue weighted by molar-refractivity contribution is 5.81. The van der Waals surface area contributed by atoms with Crippen LogP contribution in [0.2, 0.25) is 0 Å². The molecule has 1 fully saturated rings. The lowest BCUT2D eigenvalue weighted by atomic mass is 9.83. The van der Waals surface area contributed by atoms with Crippen LogP contribution >= 0.6 is 0 Å². The zero-order chi connectivity index (χ0) is 10.9. The van der Waals surface area contributed by atoms with Gasteiger partial charge in [0.05, 0.1) is 6.61 Å². The fourth-order valence-corrected chi connectivity index (χ4v) is 1.62. The Morgan fingerprint density at radius 1 is 1.53 bits per heavy atom. The molecule has 3 heteroatoms. The van der Waals surface area contributed by atoms with E-state index in [1.54, 1.807) is 0 Å². The van der Waals surface area contributed by atoms with E-state index in [2.05, 4.69) is 5.32 Å².